The van der Waals surface area contributed by atoms with Gasteiger partial charge in [-0.1, -0.05) is 0 Å². The third-order valence-corrected chi connectivity index (χ3v) is 5.50. The molecule has 1 fully saturated rings. The maximum Gasteiger partial charge on any atom is 0.410 e. The zero-order chi connectivity index (χ0) is 19.7. The molecule has 1 aliphatic heterocycles. The molecule has 0 saturated carbocycles. The van der Waals surface area contributed by atoms with Gasteiger partial charge in [-0.25, -0.2) is 17.9 Å². The number of primary amides is 1. The van der Waals surface area contributed by atoms with E-state index in [1.807, 2.05) is 0 Å². The molecule has 2 amide bonds. The molecular formula is C16H26N4O5S. The molecule has 0 unspecified atom stereocenters. The number of aromatic nitrogens is 1. The topological polar surface area (TPSA) is 124 Å². The summed E-state index contributed by atoms with van der Waals surface area (Å²) >= 11 is 0. The largest absolute Gasteiger partial charge is 0.444 e. The van der Waals surface area contributed by atoms with Crippen molar-refractivity contribution in [1.82, 2.24) is 14.2 Å². The summed E-state index contributed by atoms with van der Waals surface area (Å²) in [6.07, 6.45) is 1.91. The Balaban J connectivity index is 1.97. The Kier molecular flexibility index (Phi) is 5.67. The first-order valence-electron chi connectivity index (χ1n) is 8.35. The number of nitrogens with zero attached hydrogens (tertiary/aromatic N) is 2. The maximum absolute atomic E-state index is 12.5. The van der Waals surface area contributed by atoms with E-state index in [2.05, 4.69) is 4.72 Å². The zero-order valence-corrected chi connectivity index (χ0v) is 16.3. The summed E-state index contributed by atoms with van der Waals surface area (Å²) in [5.41, 5.74) is 4.77. The van der Waals surface area contributed by atoms with Gasteiger partial charge in [0, 0.05) is 32.4 Å². The van der Waals surface area contributed by atoms with E-state index in [4.69, 9.17) is 10.5 Å². The molecule has 1 aromatic rings. The first kappa shape index (κ1) is 20.2. The Labute approximate surface area is 153 Å². The Bertz CT molecular complexity index is 786. The summed E-state index contributed by atoms with van der Waals surface area (Å²) in [5, 5.41) is 0. The van der Waals surface area contributed by atoms with Gasteiger partial charge in [0.2, 0.25) is 10.0 Å². The van der Waals surface area contributed by atoms with Crippen LogP contribution in [0.25, 0.3) is 0 Å². The van der Waals surface area contributed by atoms with Crippen molar-refractivity contribution >= 4 is 22.0 Å². The number of hydrogen-bond acceptors (Lipinski definition) is 5. The molecule has 0 aromatic carbocycles. The second kappa shape index (κ2) is 7.28. The van der Waals surface area contributed by atoms with Crippen LogP contribution >= 0.6 is 0 Å². The molecule has 0 spiro atoms. The average molecular weight is 386 g/mol. The van der Waals surface area contributed by atoms with Crippen LogP contribution in [0.1, 0.15) is 44.1 Å². The van der Waals surface area contributed by atoms with Crippen LogP contribution in [0.5, 0.6) is 0 Å². The second-order valence-corrected chi connectivity index (χ2v) is 9.11. The van der Waals surface area contributed by atoms with Crippen LogP contribution in [0.2, 0.25) is 0 Å². The number of piperidine rings is 1. The number of hydrogen-bond donors (Lipinski definition) is 2. The first-order chi connectivity index (χ1) is 11.9. The number of rotatable bonds is 4. The van der Waals surface area contributed by atoms with Crippen molar-refractivity contribution in [2.75, 3.05) is 13.1 Å². The van der Waals surface area contributed by atoms with E-state index in [9.17, 15) is 18.0 Å². The normalized spacial score (nSPS) is 16.5. The molecule has 0 atom stereocenters. The minimum atomic E-state index is -3.77. The number of carbonyl (C=O) groups is 2. The third kappa shape index (κ3) is 4.98. The van der Waals surface area contributed by atoms with Crippen LogP contribution in [0, 0.1) is 0 Å². The van der Waals surface area contributed by atoms with Crippen molar-refractivity contribution in [2.45, 2.75) is 50.2 Å². The predicted molar refractivity (Wildman–Crippen MR) is 95.1 cm³/mol. The van der Waals surface area contributed by atoms with Crippen LogP contribution < -0.4 is 10.5 Å². The minimum Gasteiger partial charge on any atom is -0.444 e. The summed E-state index contributed by atoms with van der Waals surface area (Å²) in [5.74, 6) is -0.695. The van der Waals surface area contributed by atoms with E-state index in [0.29, 0.717) is 25.9 Å². The number of nitrogens with two attached hydrogens (primary N) is 1. The molecular weight excluding hydrogens is 360 g/mol. The van der Waals surface area contributed by atoms with E-state index in [1.165, 1.54) is 16.8 Å². The molecule has 1 aromatic heterocycles. The highest BCUT2D eigenvalue weighted by Crippen LogP contribution is 2.19. The number of ether oxygens (including phenoxy) is 1. The maximum atomic E-state index is 12.5. The first-order valence-corrected chi connectivity index (χ1v) is 9.84. The van der Waals surface area contributed by atoms with Gasteiger partial charge in [-0.3, -0.25) is 4.79 Å². The van der Waals surface area contributed by atoms with Crippen molar-refractivity contribution in [3.8, 4) is 0 Å². The molecule has 9 nitrogen and oxygen atoms in total. The molecule has 1 aliphatic rings. The number of likely N-dealkylation sites (tertiary alicyclic amines) is 1. The fourth-order valence-electron chi connectivity index (χ4n) is 2.72. The molecule has 26 heavy (non-hydrogen) atoms. The lowest BCUT2D eigenvalue weighted by atomic mass is 10.1. The predicted octanol–water partition coefficient (Wildman–Crippen LogP) is 0.802. The molecule has 0 radical (unpaired) electrons. The summed E-state index contributed by atoms with van der Waals surface area (Å²) in [6, 6.07) is 0.955. The SMILES string of the molecule is Cn1cc(S(=O)(=O)NC2CCN(C(=O)OC(C)(C)C)CC2)cc1C(N)=O. The number of nitrogens with one attached hydrogen (secondary N) is 1. The molecule has 146 valence electrons. The van der Waals surface area contributed by atoms with Crippen molar-refractivity contribution in [3.63, 3.8) is 0 Å². The smallest absolute Gasteiger partial charge is 0.410 e. The van der Waals surface area contributed by atoms with Crippen LogP contribution in [0.4, 0.5) is 4.79 Å². The van der Waals surface area contributed by atoms with Gasteiger partial charge in [0.25, 0.3) is 5.91 Å². The summed E-state index contributed by atoms with van der Waals surface area (Å²) in [4.78, 5) is 24.9. The van der Waals surface area contributed by atoms with Crippen LogP contribution in [-0.4, -0.2) is 54.6 Å². The van der Waals surface area contributed by atoms with E-state index in [0.717, 1.165) is 0 Å². The van der Waals surface area contributed by atoms with Gasteiger partial charge >= 0.3 is 6.09 Å². The van der Waals surface area contributed by atoms with Crippen LogP contribution in [0.3, 0.4) is 0 Å². The van der Waals surface area contributed by atoms with Gasteiger partial charge in [-0.2, -0.15) is 0 Å². The van der Waals surface area contributed by atoms with E-state index in [-0.39, 0.29) is 16.6 Å². The summed E-state index contributed by atoms with van der Waals surface area (Å²) in [7, 11) is -2.22. The van der Waals surface area contributed by atoms with Gasteiger partial charge in [0.05, 0.1) is 0 Å². The zero-order valence-electron chi connectivity index (χ0n) is 15.5. The van der Waals surface area contributed by atoms with Gasteiger partial charge < -0.3 is 19.9 Å². The number of amides is 2. The Hall–Kier alpha value is -2.07. The fraction of sp³-hybridized carbons (Fsp3) is 0.625. The van der Waals surface area contributed by atoms with E-state index in [1.54, 1.807) is 32.7 Å². The average Bonchev–Trinajstić information content (AvgIpc) is 2.89. The summed E-state index contributed by atoms with van der Waals surface area (Å²) < 4.78 is 34.3. The Morgan fingerprint density at radius 3 is 2.31 bits per heavy atom. The van der Waals surface area contributed by atoms with Crippen molar-refractivity contribution < 1.29 is 22.7 Å². The lowest BCUT2D eigenvalue weighted by Crippen LogP contribution is -2.47. The second-order valence-electron chi connectivity index (χ2n) is 7.40. The Morgan fingerprint density at radius 1 is 1.27 bits per heavy atom. The minimum absolute atomic E-state index is 0.0108. The highest BCUT2D eigenvalue weighted by Gasteiger charge is 2.30. The standard InChI is InChI=1S/C16H26N4O5S/c1-16(2,3)25-15(22)20-7-5-11(6-8-20)18-26(23,24)12-9-13(14(17)21)19(4)10-12/h9-11,18H,5-8H2,1-4H3,(H2,17,21). The molecule has 2 heterocycles. The fourth-order valence-corrected chi connectivity index (χ4v) is 4.09. The molecule has 0 aliphatic carbocycles. The van der Waals surface area contributed by atoms with Gasteiger partial charge in [-0.15, -0.1) is 0 Å². The van der Waals surface area contributed by atoms with Crippen molar-refractivity contribution in [2.24, 2.45) is 12.8 Å². The molecule has 2 rings (SSSR count). The highest BCUT2D eigenvalue weighted by atomic mass is 32.2. The third-order valence-electron chi connectivity index (χ3n) is 4.01. The molecule has 0 bridgehead atoms. The monoisotopic (exact) mass is 386 g/mol. The lowest BCUT2D eigenvalue weighted by Gasteiger charge is -2.33. The highest BCUT2D eigenvalue weighted by molar-refractivity contribution is 7.89. The van der Waals surface area contributed by atoms with Crippen molar-refractivity contribution in [1.29, 1.82) is 0 Å². The Morgan fingerprint density at radius 2 is 1.85 bits per heavy atom. The molecule has 10 heteroatoms. The number of sulfonamides is 1. The molecule has 3 N–H and O–H groups in total. The van der Waals surface area contributed by atoms with Gasteiger partial charge in [0.1, 0.15) is 16.2 Å². The quantitative estimate of drug-likeness (QED) is 0.792. The molecule has 1 saturated heterocycles. The van der Waals surface area contributed by atoms with E-state index >= 15 is 0 Å². The van der Waals surface area contributed by atoms with Gasteiger partial charge in [0.15, 0.2) is 0 Å². The van der Waals surface area contributed by atoms with Crippen LogP contribution in [-0.2, 0) is 21.8 Å². The van der Waals surface area contributed by atoms with Crippen molar-refractivity contribution in [3.05, 3.63) is 18.0 Å². The van der Waals surface area contributed by atoms with Crippen LogP contribution in [0.15, 0.2) is 17.2 Å². The lowest BCUT2D eigenvalue weighted by molar-refractivity contribution is 0.0203. The number of carbonyl (C=O) groups excluding carboxylic acids is 2. The van der Waals surface area contributed by atoms with Gasteiger partial charge in [-0.05, 0) is 39.7 Å². The van der Waals surface area contributed by atoms with E-state index < -0.39 is 27.6 Å². The number of aryl methyl sites for hydroxylation is 1. The summed E-state index contributed by atoms with van der Waals surface area (Å²) in [6.45, 7) is 6.21.